The summed E-state index contributed by atoms with van der Waals surface area (Å²) in [5.41, 5.74) is 57.4. The maximum absolute atomic E-state index is 14.7. The second-order valence-electron chi connectivity index (χ2n) is 30.4. The molecule has 1 rings (SSSR count). The fourth-order valence-corrected chi connectivity index (χ4v) is 11.9. The average Bonchev–Trinajstić information content (AvgIpc) is 0.851. The van der Waals surface area contributed by atoms with E-state index < -0.39 is 198 Å². The number of carbonyl (C=O) groups excluding carboxylic acids is 14. The van der Waals surface area contributed by atoms with Gasteiger partial charge in [0, 0.05) is 26.1 Å². The molecule has 0 fully saturated rings. The van der Waals surface area contributed by atoms with Gasteiger partial charge >= 0.3 is 5.97 Å². The van der Waals surface area contributed by atoms with Crippen LogP contribution in [-0.4, -0.2) is 253 Å². The van der Waals surface area contributed by atoms with Crippen LogP contribution in [0.3, 0.4) is 0 Å². The largest absolute Gasteiger partial charge is 0.480 e. The van der Waals surface area contributed by atoms with Gasteiger partial charge in [0.05, 0.1) is 18.7 Å². The van der Waals surface area contributed by atoms with Crippen LogP contribution in [0.15, 0.2) is 45.3 Å². The number of carboxylic acid groups (broad SMARTS) is 1. The lowest BCUT2D eigenvalue weighted by molar-refractivity contribution is -0.142. The number of carbonyl (C=O) groups is 15. The summed E-state index contributed by atoms with van der Waals surface area (Å²) in [6.45, 7) is 15.1. The van der Waals surface area contributed by atoms with E-state index in [-0.39, 0.29) is 134 Å². The second kappa shape index (κ2) is 58.7. The predicted octanol–water partition coefficient (Wildman–Crippen LogP) is -7.20. The quantitative estimate of drug-likeness (QED) is 0.0164. The number of nitrogens with zero attached hydrogens (tertiary/aromatic N) is 3. The molecule has 17 atom stereocenters. The molecule has 44 nitrogen and oxygen atoms in total. The number of guanidine groups is 3. The van der Waals surface area contributed by atoms with E-state index in [2.05, 4.69) is 89.4 Å². The zero-order chi connectivity index (χ0) is 91.6. The molecule has 44 heteroatoms. The fraction of sp³-hybridized carbons (Fsp3) is 0.688. The zero-order valence-corrected chi connectivity index (χ0v) is 71.6. The maximum atomic E-state index is 14.7. The van der Waals surface area contributed by atoms with Crippen LogP contribution in [0.25, 0.3) is 0 Å². The molecule has 0 aliphatic rings. The fourth-order valence-electron chi connectivity index (χ4n) is 11.9. The molecule has 121 heavy (non-hydrogen) atoms. The van der Waals surface area contributed by atoms with Gasteiger partial charge in [-0.05, 0) is 167 Å². The molecule has 0 unspecified atom stereocenters. The van der Waals surface area contributed by atoms with Crippen LogP contribution >= 0.6 is 0 Å². The first-order valence-corrected chi connectivity index (χ1v) is 41.3. The summed E-state index contributed by atoms with van der Waals surface area (Å²) in [4.78, 5) is 220. The minimum Gasteiger partial charge on any atom is -0.480 e. The molecule has 0 spiro atoms. The first-order valence-electron chi connectivity index (χ1n) is 41.3. The predicted molar refractivity (Wildman–Crippen MR) is 455 cm³/mol. The van der Waals surface area contributed by atoms with Gasteiger partial charge in [0.25, 0.3) is 0 Å². The highest BCUT2D eigenvalue weighted by Gasteiger charge is 2.39. The lowest BCUT2D eigenvalue weighted by Crippen LogP contribution is -2.62. The third-order valence-electron chi connectivity index (χ3n) is 19.7. The Morgan fingerprint density at radius 2 is 0.678 bits per heavy atom. The molecule has 0 aromatic heterocycles. The molecule has 36 N–H and O–H groups in total. The van der Waals surface area contributed by atoms with Gasteiger partial charge in [0.15, 0.2) is 17.9 Å². The topological polar surface area (TPSA) is 762 Å². The van der Waals surface area contributed by atoms with Crippen molar-refractivity contribution in [1.29, 1.82) is 0 Å². The molecule has 0 saturated heterocycles. The smallest absolute Gasteiger partial charge is 0.326 e. The van der Waals surface area contributed by atoms with E-state index in [0.29, 0.717) is 50.6 Å². The summed E-state index contributed by atoms with van der Waals surface area (Å²) in [7, 11) is 0. The van der Waals surface area contributed by atoms with Crippen LogP contribution < -0.4 is 132 Å². The third kappa shape index (κ3) is 43.1. The van der Waals surface area contributed by atoms with E-state index in [4.69, 9.17) is 57.3 Å². The minimum absolute atomic E-state index is 0.0275. The standard InChI is InChI=1S/C77H139N27O17/c1-11-42(5)57(81)70(116)101-55(39-48-25-14-13-15-26-48)69(115)97-51(30-22-36-88-75(82)83)64(110)94-46(9)62(108)93-44(7)61(107)91-40-56(106)92-45(8)63(109)95-53(32-24-38-90-77(86)87)67(113)103-59(43(6)12-2)72(118)99-52(31-23-37-89-76(84)85)65(111)96-50(28-17-20-34-79)68(114)104-60(47(10)105)73(119)102-58(41(3)4)71(117)98-49(27-16-19-33-78)66(112)100-54(74(120)121)29-18-21-35-80/h13-15,25-26,41-47,49-55,57-60,105H,11-12,16-24,27-40,78-81H2,1-10H3,(H,91,107)(H,92,106)(H,93,108)(H,94,110)(H,95,109)(H,96,111)(H,97,115)(H,98,117)(H,99,118)(H,100,112)(H,101,116)(H,102,119)(H,103,113)(H,104,114)(H,120,121)(H4,82,83,88)(H4,84,85,89)(H4,86,87,90)/t42-,43-,44-,45-,46-,47+,49-,50-,51-,52-,53-,54-,55-,57-,58-,59-,60-/m0/s1. The Morgan fingerprint density at radius 3 is 1.09 bits per heavy atom. The van der Waals surface area contributed by atoms with Crippen LogP contribution in [0.1, 0.15) is 184 Å². The Hall–Kier alpha value is -11.1. The number of aliphatic imine (C=N–C) groups is 3. The SMILES string of the molecule is CC[C@H](C)[C@H](N)C(=O)N[C@@H](Cc1ccccc1)C(=O)N[C@@H](CCCN=C(N)N)C(=O)N[C@@H](C)C(=O)N[C@@H](C)C(=O)NCC(=O)N[C@@H](C)C(=O)N[C@@H](CCCN=C(N)N)C(=O)N[C@H](C(=O)N[C@@H](CCCN=C(N)N)C(=O)N[C@@H](CCCCN)C(=O)N[C@H](C(=O)N[C@H](C(=O)N[C@@H](CCCCN)C(=O)N[C@@H](CCCCN)C(=O)O)C(C)C)[C@@H](C)O)[C@@H](C)CC. The van der Waals surface area contributed by atoms with Gasteiger partial charge in [-0.3, -0.25) is 82.1 Å². The summed E-state index contributed by atoms with van der Waals surface area (Å²) in [5.74, 6) is -15.9. The zero-order valence-electron chi connectivity index (χ0n) is 71.6. The molecule has 0 saturated carbocycles. The van der Waals surface area contributed by atoms with Crippen molar-refractivity contribution < 1.29 is 82.1 Å². The number of benzene rings is 1. The van der Waals surface area contributed by atoms with E-state index in [1.807, 2.05) is 6.92 Å². The molecule has 684 valence electrons. The highest BCUT2D eigenvalue weighted by Crippen LogP contribution is 2.16. The molecular formula is C77H139N27O17. The van der Waals surface area contributed by atoms with Crippen molar-refractivity contribution >= 4 is 107 Å². The first-order chi connectivity index (χ1) is 57.1. The molecule has 14 amide bonds. The number of unbranched alkanes of at least 4 members (excludes halogenated alkanes) is 3. The van der Waals surface area contributed by atoms with E-state index >= 15 is 0 Å². The van der Waals surface area contributed by atoms with Gasteiger partial charge in [-0.15, -0.1) is 0 Å². The number of aliphatic hydroxyl groups is 1. The number of nitrogens with two attached hydrogens (primary N) is 10. The van der Waals surface area contributed by atoms with Crippen LogP contribution in [0, 0.1) is 17.8 Å². The second-order valence-corrected chi connectivity index (χ2v) is 30.4. The summed E-state index contributed by atoms with van der Waals surface area (Å²) in [6.07, 6.45) is 1.39. The van der Waals surface area contributed by atoms with Gasteiger partial charge in [-0.25, -0.2) is 4.79 Å². The van der Waals surface area contributed by atoms with Crippen molar-refractivity contribution in [2.45, 2.75) is 276 Å². The first kappa shape index (κ1) is 108. The van der Waals surface area contributed by atoms with Gasteiger partial charge in [0.2, 0.25) is 82.7 Å². The number of amides is 14. The number of rotatable bonds is 61. The molecule has 0 bridgehead atoms. The van der Waals surface area contributed by atoms with E-state index in [1.54, 1.807) is 65.0 Å². The minimum atomic E-state index is -1.78. The highest BCUT2D eigenvalue weighted by atomic mass is 16.4. The van der Waals surface area contributed by atoms with Crippen LogP contribution in [0.4, 0.5) is 0 Å². The number of carboxylic acids is 1. The van der Waals surface area contributed by atoms with Crippen molar-refractivity contribution in [1.82, 2.24) is 74.4 Å². The van der Waals surface area contributed by atoms with E-state index in [1.165, 1.54) is 27.7 Å². The van der Waals surface area contributed by atoms with Gasteiger partial charge in [-0.2, -0.15) is 0 Å². The van der Waals surface area contributed by atoms with Crippen LogP contribution in [0.2, 0.25) is 0 Å². The Morgan fingerprint density at radius 1 is 0.355 bits per heavy atom. The molecule has 1 aromatic rings. The summed E-state index contributed by atoms with van der Waals surface area (Å²) in [5, 5.41) is 56.8. The monoisotopic (exact) mass is 1710 g/mol. The van der Waals surface area contributed by atoms with Crippen LogP contribution in [0.5, 0.6) is 0 Å². The number of hydrogen-bond acceptors (Lipinski definition) is 23. The number of nitrogens with one attached hydrogen (secondary N) is 14. The average molecular weight is 1720 g/mol. The lowest BCUT2D eigenvalue weighted by atomic mass is 9.96. The van der Waals surface area contributed by atoms with Crippen molar-refractivity contribution in [3.05, 3.63) is 35.9 Å². The van der Waals surface area contributed by atoms with E-state index in [0.717, 1.165) is 0 Å². The number of hydrogen-bond donors (Lipinski definition) is 26. The Bertz CT molecular complexity index is 3560. The molecule has 0 aliphatic carbocycles. The summed E-state index contributed by atoms with van der Waals surface area (Å²) < 4.78 is 0. The normalized spacial score (nSPS) is 15.3. The van der Waals surface area contributed by atoms with Crippen LogP contribution in [-0.2, 0) is 78.3 Å². The van der Waals surface area contributed by atoms with Crippen molar-refractivity contribution in [2.24, 2.45) is 90.1 Å². The number of aliphatic hydroxyl groups excluding tert-OH is 1. The van der Waals surface area contributed by atoms with Crippen molar-refractivity contribution in [3.8, 4) is 0 Å². The molecule has 0 radical (unpaired) electrons. The molecular weight excluding hydrogens is 1580 g/mol. The van der Waals surface area contributed by atoms with E-state index in [9.17, 15) is 82.1 Å². The van der Waals surface area contributed by atoms with Gasteiger partial charge < -0.3 is 142 Å². The lowest BCUT2D eigenvalue weighted by Gasteiger charge is -2.30. The molecule has 1 aromatic carbocycles. The Balaban J connectivity index is 3.48. The van der Waals surface area contributed by atoms with Crippen molar-refractivity contribution in [2.75, 3.05) is 45.8 Å². The third-order valence-corrected chi connectivity index (χ3v) is 19.7. The maximum Gasteiger partial charge on any atom is 0.326 e. The molecule has 0 heterocycles. The molecule has 0 aliphatic heterocycles. The summed E-state index contributed by atoms with van der Waals surface area (Å²) >= 11 is 0. The highest BCUT2D eigenvalue weighted by molar-refractivity contribution is 6.00. The van der Waals surface area contributed by atoms with Gasteiger partial charge in [-0.1, -0.05) is 84.7 Å². The Labute approximate surface area is 707 Å². The van der Waals surface area contributed by atoms with Gasteiger partial charge in [0.1, 0.15) is 78.5 Å². The summed E-state index contributed by atoms with van der Waals surface area (Å²) in [6, 6.07) is -10.4. The number of aliphatic carboxylic acids is 1. The van der Waals surface area contributed by atoms with Crippen molar-refractivity contribution in [3.63, 3.8) is 0 Å². The Kier molecular flexibility index (Phi) is 52.4.